The van der Waals surface area contributed by atoms with Crippen molar-refractivity contribution in [3.05, 3.63) is 23.5 Å². The Morgan fingerprint density at radius 2 is 1.25 bits per heavy atom. The lowest BCUT2D eigenvalue weighted by Crippen LogP contribution is -2.20. The molecule has 24 heavy (non-hydrogen) atoms. The number of nitrogens with one attached hydrogen (secondary N) is 2. The molecule has 0 radical (unpaired) electrons. The first-order valence-corrected chi connectivity index (χ1v) is 6.68. The summed E-state index contributed by atoms with van der Waals surface area (Å²) >= 11 is 0. The van der Waals surface area contributed by atoms with Crippen molar-refractivity contribution in [2.45, 2.75) is 0 Å². The summed E-state index contributed by atoms with van der Waals surface area (Å²) in [7, 11) is 5.57. The minimum atomic E-state index is -0.640. The average molecular weight is 336 g/mol. The fraction of sp³-hybridized carbons (Fsp3) is 0.308. The van der Waals surface area contributed by atoms with Crippen LogP contribution in [0.4, 0.5) is 16.4 Å². The van der Waals surface area contributed by atoms with E-state index >= 15 is 0 Å². The minimum absolute atomic E-state index is 0.152. The second kappa shape index (κ2) is 6.81. The number of rotatable bonds is 4. The highest BCUT2D eigenvalue weighted by Gasteiger charge is 2.17. The molecule has 2 aromatic heterocycles. The molecule has 0 bridgehead atoms. The van der Waals surface area contributed by atoms with Gasteiger partial charge in [0.1, 0.15) is 11.4 Å². The number of aryl methyl sites for hydroxylation is 2. The van der Waals surface area contributed by atoms with E-state index in [2.05, 4.69) is 30.3 Å². The molecule has 0 atom stereocenters. The second-order valence-electron chi connectivity index (χ2n) is 4.64. The smallest absolute Gasteiger partial charge is 0.356 e. The number of amides is 2. The van der Waals surface area contributed by atoms with E-state index in [0.717, 1.165) is 0 Å². The van der Waals surface area contributed by atoms with Crippen molar-refractivity contribution in [1.29, 1.82) is 0 Å². The maximum absolute atomic E-state index is 11.9. The zero-order valence-electron chi connectivity index (χ0n) is 13.5. The van der Waals surface area contributed by atoms with Crippen molar-refractivity contribution in [1.82, 2.24) is 19.6 Å². The van der Waals surface area contributed by atoms with Crippen LogP contribution in [0.15, 0.2) is 12.1 Å². The van der Waals surface area contributed by atoms with Gasteiger partial charge in [-0.3, -0.25) is 20.0 Å². The topological polar surface area (TPSA) is 129 Å². The van der Waals surface area contributed by atoms with Crippen molar-refractivity contribution in [2.24, 2.45) is 14.1 Å². The van der Waals surface area contributed by atoms with Gasteiger partial charge in [-0.25, -0.2) is 14.4 Å². The van der Waals surface area contributed by atoms with E-state index in [0.29, 0.717) is 0 Å². The summed E-state index contributed by atoms with van der Waals surface area (Å²) in [6.45, 7) is 0. The number of carbonyl (C=O) groups excluding carboxylic acids is 3. The van der Waals surface area contributed by atoms with Gasteiger partial charge >= 0.3 is 18.0 Å². The highest BCUT2D eigenvalue weighted by atomic mass is 16.5. The van der Waals surface area contributed by atoms with Gasteiger partial charge in [-0.15, -0.1) is 0 Å². The van der Waals surface area contributed by atoms with E-state index < -0.39 is 18.0 Å². The largest absolute Gasteiger partial charge is 0.464 e. The number of nitrogens with zero attached hydrogens (tertiary/aromatic N) is 4. The van der Waals surface area contributed by atoms with Gasteiger partial charge in [0.25, 0.3) is 0 Å². The number of anilines is 2. The predicted molar refractivity (Wildman–Crippen MR) is 81.7 cm³/mol. The Morgan fingerprint density at radius 3 is 1.58 bits per heavy atom. The molecule has 0 aliphatic rings. The monoisotopic (exact) mass is 336 g/mol. The fourth-order valence-corrected chi connectivity index (χ4v) is 1.91. The zero-order valence-corrected chi connectivity index (χ0v) is 13.5. The summed E-state index contributed by atoms with van der Waals surface area (Å²) in [5.74, 6) is -0.851. The molecule has 128 valence electrons. The molecule has 0 unspecified atom stereocenters. The molecule has 2 heterocycles. The lowest BCUT2D eigenvalue weighted by Gasteiger charge is -2.01. The quantitative estimate of drug-likeness (QED) is 0.772. The molecule has 11 nitrogen and oxygen atoms in total. The third-order valence-corrected chi connectivity index (χ3v) is 3.03. The first-order chi connectivity index (χ1) is 11.3. The molecular formula is C13H16N6O5. The molecule has 0 aliphatic carbocycles. The number of hydrogen-bond donors (Lipinski definition) is 2. The molecule has 0 aromatic carbocycles. The molecule has 0 saturated carbocycles. The second-order valence-corrected chi connectivity index (χ2v) is 4.64. The third-order valence-electron chi connectivity index (χ3n) is 3.03. The Morgan fingerprint density at radius 1 is 0.875 bits per heavy atom. The number of esters is 2. The van der Waals surface area contributed by atoms with Crippen molar-refractivity contribution >= 4 is 29.6 Å². The highest BCUT2D eigenvalue weighted by molar-refractivity contribution is 6.00. The van der Waals surface area contributed by atoms with Crippen LogP contribution in [0.5, 0.6) is 0 Å². The van der Waals surface area contributed by atoms with E-state index in [-0.39, 0.29) is 23.0 Å². The SMILES string of the molecule is COC(=O)c1cc(NC(=O)Nc2cc(C(=O)OC)n(C)n2)nn1C. The maximum Gasteiger partial charge on any atom is 0.356 e. The van der Waals surface area contributed by atoms with Crippen molar-refractivity contribution in [2.75, 3.05) is 24.9 Å². The van der Waals surface area contributed by atoms with Gasteiger partial charge in [0.2, 0.25) is 0 Å². The van der Waals surface area contributed by atoms with Gasteiger partial charge in [-0.1, -0.05) is 0 Å². The van der Waals surface area contributed by atoms with E-state index in [1.807, 2.05) is 0 Å². The van der Waals surface area contributed by atoms with Crippen LogP contribution in [-0.4, -0.2) is 51.8 Å². The summed E-state index contributed by atoms with van der Waals surface area (Å²) in [6.07, 6.45) is 0. The van der Waals surface area contributed by atoms with Crippen LogP contribution < -0.4 is 10.6 Å². The molecular weight excluding hydrogens is 320 g/mol. The molecule has 11 heteroatoms. The Hall–Kier alpha value is -3.37. The number of methoxy groups -OCH3 is 2. The van der Waals surface area contributed by atoms with Crippen molar-refractivity contribution in [3.63, 3.8) is 0 Å². The van der Waals surface area contributed by atoms with E-state index in [1.54, 1.807) is 0 Å². The number of carbonyl (C=O) groups is 3. The average Bonchev–Trinajstić information content (AvgIpc) is 3.08. The maximum atomic E-state index is 11.9. The van der Waals surface area contributed by atoms with Gasteiger partial charge in [-0.05, 0) is 0 Å². The number of ether oxygens (including phenoxy) is 2. The summed E-state index contributed by atoms with van der Waals surface area (Å²) in [5.41, 5.74) is 0.359. The van der Waals surface area contributed by atoms with Gasteiger partial charge in [0.05, 0.1) is 14.2 Å². The minimum Gasteiger partial charge on any atom is -0.464 e. The summed E-state index contributed by atoms with van der Waals surface area (Å²) < 4.78 is 11.7. The van der Waals surface area contributed by atoms with Crippen LogP contribution in [0.2, 0.25) is 0 Å². The molecule has 2 aromatic rings. The normalized spacial score (nSPS) is 10.2. The van der Waals surface area contributed by atoms with E-state index in [9.17, 15) is 14.4 Å². The van der Waals surface area contributed by atoms with Gasteiger partial charge in [0, 0.05) is 26.2 Å². The fourth-order valence-electron chi connectivity index (χ4n) is 1.91. The van der Waals surface area contributed by atoms with Gasteiger partial charge in [-0.2, -0.15) is 10.2 Å². The summed E-state index contributed by atoms with van der Waals surface area (Å²) in [5, 5.41) is 12.8. The van der Waals surface area contributed by atoms with Crippen LogP contribution in [0.3, 0.4) is 0 Å². The first-order valence-electron chi connectivity index (χ1n) is 6.68. The Kier molecular flexibility index (Phi) is 4.82. The molecule has 2 rings (SSSR count). The van der Waals surface area contributed by atoms with Crippen molar-refractivity contribution in [3.8, 4) is 0 Å². The predicted octanol–water partition coefficient (Wildman–Crippen LogP) is 0.371. The Balaban J connectivity index is 2.06. The zero-order chi connectivity index (χ0) is 17.9. The van der Waals surface area contributed by atoms with Crippen LogP contribution in [0.1, 0.15) is 21.0 Å². The third kappa shape index (κ3) is 3.51. The molecule has 0 saturated heterocycles. The van der Waals surface area contributed by atoms with Crippen LogP contribution in [-0.2, 0) is 23.6 Å². The van der Waals surface area contributed by atoms with Crippen LogP contribution in [0.25, 0.3) is 0 Å². The number of hydrogen-bond acceptors (Lipinski definition) is 7. The number of urea groups is 1. The lowest BCUT2D eigenvalue weighted by molar-refractivity contribution is 0.0579. The van der Waals surface area contributed by atoms with Crippen LogP contribution >= 0.6 is 0 Å². The highest BCUT2D eigenvalue weighted by Crippen LogP contribution is 2.12. The standard InChI is InChI=1S/C13H16N6O5/c1-18-7(11(20)23-3)5-9(16-18)14-13(22)15-10-6-8(12(21)24-4)19(2)17-10/h5-6H,1-4H3,(H2,14,15,16,17,22). The van der Waals surface area contributed by atoms with Gasteiger partial charge < -0.3 is 9.47 Å². The van der Waals surface area contributed by atoms with Gasteiger partial charge in [0.15, 0.2) is 11.6 Å². The molecule has 0 aliphatic heterocycles. The van der Waals surface area contributed by atoms with E-state index in [1.165, 1.54) is 49.8 Å². The summed E-state index contributed by atoms with van der Waals surface area (Å²) in [6, 6.07) is 2.09. The first kappa shape index (κ1) is 17.0. The van der Waals surface area contributed by atoms with Crippen LogP contribution in [0, 0.1) is 0 Å². The Bertz CT molecular complexity index is 729. The lowest BCUT2D eigenvalue weighted by atomic mass is 10.4. The number of aromatic nitrogens is 4. The molecule has 2 amide bonds. The van der Waals surface area contributed by atoms with Crippen molar-refractivity contribution < 1.29 is 23.9 Å². The Labute approximate surface area is 136 Å². The summed E-state index contributed by atoms with van der Waals surface area (Å²) in [4.78, 5) is 34.9. The van der Waals surface area contributed by atoms with E-state index in [4.69, 9.17) is 0 Å². The molecule has 0 fully saturated rings. The molecule has 2 N–H and O–H groups in total. The molecule has 0 spiro atoms.